The fourth-order valence-corrected chi connectivity index (χ4v) is 2.99. The molecule has 15 heavy (non-hydrogen) atoms. The maximum Gasteiger partial charge on any atom is 0.0879 e. The Morgan fingerprint density at radius 3 is 2.73 bits per heavy atom. The lowest BCUT2D eigenvalue weighted by Gasteiger charge is -2.40. The Labute approximate surface area is 91.4 Å². The summed E-state index contributed by atoms with van der Waals surface area (Å²) in [6.07, 6.45) is 1.70. The lowest BCUT2D eigenvalue weighted by molar-refractivity contribution is -0.0731. The van der Waals surface area contributed by atoms with Crippen LogP contribution in [-0.2, 0) is 4.74 Å². The molecular weight excluding hydrogens is 192 g/mol. The van der Waals surface area contributed by atoms with Crippen molar-refractivity contribution in [2.45, 2.75) is 31.4 Å². The molecular formula is C11H22N2O2. The van der Waals surface area contributed by atoms with Crippen LogP contribution < -0.4 is 5.73 Å². The largest absolute Gasteiger partial charge is 0.388 e. The maximum atomic E-state index is 10.8. The fourth-order valence-electron chi connectivity index (χ4n) is 2.99. The normalized spacial score (nSPS) is 47.6. The van der Waals surface area contributed by atoms with Crippen molar-refractivity contribution in [3.63, 3.8) is 0 Å². The Kier molecular flexibility index (Phi) is 2.79. The standard InChI is InChI=1S/C11H22N2O2/c1-9-5-11(14,7-13(9)2)10(6-12)3-4-15-8-10/h9,14H,3-8,12H2,1-2H3. The highest BCUT2D eigenvalue weighted by Gasteiger charge is 2.55. The van der Waals surface area contributed by atoms with Gasteiger partial charge in [-0.1, -0.05) is 0 Å². The topological polar surface area (TPSA) is 58.7 Å². The summed E-state index contributed by atoms with van der Waals surface area (Å²) in [5.41, 5.74) is 4.99. The van der Waals surface area contributed by atoms with Gasteiger partial charge in [-0.25, -0.2) is 0 Å². The molecule has 3 N–H and O–H groups in total. The van der Waals surface area contributed by atoms with Gasteiger partial charge in [-0.15, -0.1) is 0 Å². The van der Waals surface area contributed by atoms with Crippen molar-refractivity contribution in [1.82, 2.24) is 4.90 Å². The van der Waals surface area contributed by atoms with Gasteiger partial charge in [-0.05, 0) is 26.8 Å². The van der Waals surface area contributed by atoms with Gasteiger partial charge in [0.25, 0.3) is 0 Å². The molecule has 0 amide bonds. The van der Waals surface area contributed by atoms with Crippen LogP contribution in [0, 0.1) is 5.41 Å². The summed E-state index contributed by atoms with van der Waals surface area (Å²) in [7, 11) is 2.06. The van der Waals surface area contributed by atoms with Gasteiger partial charge in [0.2, 0.25) is 0 Å². The third-order valence-corrected chi connectivity index (χ3v) is 4.38. The molecule has 0 aromatic carbocycles. The van der Waals surface area contributed by atoms with E-state index in [0.29, 0.717) is 25.7 Å². The molecule has 2 aliphatic rings. The van der Waals surface area contributed by atoms with E-state index in [2.05, 4.69) is 18.9 Å². The molecule has 0 aromatic rings. The molecule has 88 valence electrons. The fraction of sp³-hybridized carbons (Fsp3) is 1.00. The molecule has 0 spiro atoms. The van der Waals surface area contributed by atoms with Gasteiger partial charge in [0.15, 0.2) is 0 Å². The van der Waals surface area contributed by atoms with Crippen LogP contribution in [0.5, 0.6) is 0 Å². The summed E-state index contributed by atoms with van der Waals surface area (Å²) in [6, 6.07) is 0.430. The predicted molar refractivity (Wildman–Crippen MR) is 58.6 cm³/mol. The first-order valence-corrected chi connectivity index (χ1v) is 5.73. The van der Waals surface area contributed by atoms with Crippen molar-refractivity contribution in [3.05, 3.63) is 0 Å². The van der Waals surface area contributed by atoms with Gasteiger partial charge in [-0.2, -0.15) is 0 Å². The molecule has 3 unspecified atom stereocenters. The first kappa shape index (κ1) is 11.3. The number of β-amino-alcohol motifs (C(OH)–C–C–N with tert-alkyl or cyclic N) is 1. The lowest BCUT2D eigenvalue weighted by atomic mass is 9.70. The Morgan fingerprint density at radius 2 is 2.33 bits per heavy atom. The van der Waals surface area contributed by atoms with Crippen LogP contribution in [0.4, 0.5) is 0 Å². The number of hydrogen-bond donors (Lipinski definition) is 2. The van der Waals surface area contributed by atoms with E-state index in [9.17, 15) is 5.11 Å². The average Bonchev–Trinajstić information content (AvgIpc) is 2.74. The van der Waals surface area contributed by atoms with E-state index >= 15 is 0 Å². The monoisotopic (exact) mass is 214 g/mol. The first-order chi connectivity index (χ1) is 7.03. The van der Waals surface area contributed by atoms with E-state index < -0.39 is 5.60 Å². The molecule has 2 fully saturated rings. The second-order valence-corrected chi connectivity index (χ2v) is 5.29. The van der Waals surface area contributed by atoms with Crippen LogP contribution in [0.1, 0.15) is 19.8 Å². The lowest BCUT2D eigenvalue weighted by Crippen LogP contribution is -2.54. The molecule has 2 rings (SSSR count). The summed E-state index contributed by atoms with van der Waals surface area (Å²) in [6.45, 7) is 4.73. The molecule has 0 bridgehead atoms. The van der Waals surface area contributed by atoms with Gasteiger partial charge in [0.1, 0.15) is 0 Å². The highest BCUT2D eigenvalue weighted by molar-refractivity contribution is 5.08. The number of nitrogens with zero attached hydrogens (tertiary/aromatic N) is 1. The SMILES string of the molecule is CC1CC(O)(C2(CN)CCOC2)CN1C. The van der Waals surface area contributed by atoms with E-state index in [1.807, 2.05) is 0 Å². The molecule has 3 atom stereocenters. The van der Waals surface area contributed by atoms with Crippen molar-refractivity contribution in [2.24, 2.45) is 11.1 Å². The number of rotatable bonds is 2. The Hall–Kier alpha value is -0.160. The minimum absolute atomic E-state index is 0.216. The Bertz CT molecular complexity index is 229. The van der Waals surface area contributed by atoms with Crippen molar-refractivity contribution >= 4 is 0 Å². The molecule has 0 saturated carbocycles. The van der Waals surface area contributed by atoms with Gasteiger partial charge in [-0.3, -0.25) is 0 Å². The highest BCUT2D eigenvalue weighted by atomic mass is 16.5. The predicted octanol–water partition coefficient (Wildman–Crippen LogP) is -0.193. The highest BCUT2D eigenvalue weighted by Crippen LogP contribution is 2.45. The van der Waals surface area contributed by atoms with E-state index in [0.717, 1.165) is 19.4 Å². The van der Waals surface area contributed by atoms with E-state index in [1.165, 1.54) is 0 Å². The van der Waals surface area contributed by atoms with E-state index in [-0.39, 0.29) is 5.41 Å². The minimum atomic E-state index is -0.660. The summed E-state index contributed by atoms with van der Waals surface area (Å²) in [5.74, 6) is 0. The molecule has 2 aliphatic heterocycles. The maximum absolute atomic E-state index is 10.8. The second-order valence-electron chi connectivity index (χ2n) is 5.29. The quantitative estimate of drug-likeness (QED) is 0.669. The smallest absolute Gasteiger partial charge is 0.0879 e. The molecule has 0 radical (unpaired) electrons. The van der Waals surface area contributed by atoms with Crippen molar-refractivity contribution < 1.29 is 9.84 Å². The zero-order valence-electron chi connectivity index (χ0n) is 9.70. The number of nitrogens with two attached hydrogens (primary N) is 1. The molecule has 4 nitrogen and oxygen atoms in total. The van der Waals surface area contributed by atoms with Crippen LogP contribution in [0.15, 0.2) is 0 Å². The van der Waals surface area contributed by atoms with Crippen LogP contribution in [0.2, 0.25) is 0 Å². The van der Waals surface area contributed by atoms with Crippen LogP contribution in [0.3, 0.4) is 0 Å². The average molecular weight is 214 g/mol. The van der Waals surface area contributed by atoms with Crippen LogP contribution in [0.25, 0.3) is 0 Å². The zero-order chi connectivity index (χ0) is 11.1. The third kappa shape index (κ3) is 1.60. The summed E-state index contributed by atoms with van der Waals surface area (Å²) in [4.78, 5) is 2.20. The third-order valence-electron chi connectivity index (χ3n) is 4.38. The number of aliphatic hydroxyl groups is 1. The van der Waals surface area contributed by atoms with Gasteiger partial charge >= 0.3 is 0 Å². The van der Waals surface area contributed by atoms with Gasteiger partial charge in [0, 0.05) is 31.2 Å². The Balaban J connectivity index is 2.21. The van der Waals surface area contributed by atoms with Gasteiger partial charge < -0.3 is 20.5 Å². The zero-order valence-corrected chi connectivity index (χ0v) is 9.70. The van der Waals surface area contributed by atoms with E-state index in [1.54, 1.807) is 0 Å². The first-order valence-electron chi connectivity index (χ1n) is 5.73. The summed E-state index contributed by atoms with van der Waals surface area (Å²) in [5, 5.41) is 10.8. The van der Waals surface area contributed by atoms with Crippen LogP contribution >= 0.6 is 0 Å². The minimum Gasteiger partial charge on any atom is -0.388 e. The number of ether oxygens (including phenoxy) is 1. The molecule has 0 aromatic heterocycles. The number of likely N-dealkylation sites (tertiary alicyclic amines) is 1. The molecule has 2 heterocycles. The number of hydrogen-bond acceptors (Lipinski definition) is 4. The molecule has 4 heteroatoms. The van der Waals surface area contributed by atoms with Crippen molar-refractivity contribution in [1.29, 1.82) is 0 Å². The molecule has 2 saturated heterocycles. The Morgan fingerprint density at radius 1 is 1.60 bits per heavy atom. The van der Waals surface area contributed by atoms with Crippen molar-refractivity contribution in [2.75, 3.05) is 33.4 Å². The van der Waals surface area contributed by atoms with Gasteiger partial charge in [0.05, 0.1) is 12.2 Å². The number of likely N-dealkylation sites (N-methyl/N-ethyl adjacent to an activating group) is 1. The van der Waals surface area contributed by atoms with E-state index in [4.69, 9.17) is 10.5 Å². The van der Waals surface area contributed by atoms with Crippen LogP contribution in [-0.4, -0.2) is 55.0 Å². The summed E-state index contributed by atoms with van der Waals surface area (Å²) < 4.78 is 5.44. The second kappa shape index (κ2) is 3.70. The summed E-state index contributed by atoms with van der Waals surface area (Å²) >= 11 is 0. The molecule has 0 aliphatic carbocycles. The van der Waals surface area contributed by atoms with Crippen molar-refractivity contribution in [3.8, 4) is 0 Å².